The van der Waals surface area contributed by atoms with Gasteiger partial charge in [0.1, 0.15) is 12.0 Å². The van der Waals surface area contributed by atoms with Crippen molar-refractivity contribution >= 4 is 21.9 Å². The molecule has 1 aliphatic heterocycles. The number of hydrogen-bond donors (Lipinski definition) is 2. The average molecular weight is 386 g/mol. The maximum Gasteiger partial charge on any atom is 0.224 e. The summed E-state index contributed by atoms with van der Waals surface area (Å²) in [6.45, 7) is 5.54. The zero-order chi connectivity index (χ0) is 19.4. The number of primary amides is 1. The molecule has 1 aromatic rings. The van der Waals surface area contributed by atoms with Gasteiger partial charge in [0, 0.05) is 45.8 Å². The molecule has 146 valence electrons. The van der Waals surface area contributed by atoms with Gasteiger partial charge in [0.05, 0.1) is 11.1 Å². The second kappa shape index (κ2) is 8.04. The Bertz CT molecular complexity index is 736. The second-order valence-electron chi connectivity index (χ2n) is 6.78. The number of sulfonamides is 1. The highest BCUT2D eigenvalue weighted by molar-refractivity contribution is 7.88. The summed E-state index contributed by atoms with van der Waals surface area (Å²) in [5, 5.41) is 6.79. The van der Waals surface area contributed by atoms with Crippen LogP contribution < -0.4 is 11.1 Å². The summed E-state index contributed by atoms with van der Waals surface area (Å²) in [6, 6.07) is 1.54. The van der Waals surface area contributed by atoms with E-state index in [0.717, 1.165) is 0 Å². The van der Waals surface area contributed by atoms with Crippen molar-refractivity contribution in [3.05, 3.63) is 18.0 Å². The van der Waals surface area contributed by atoms with Gasteiger partial charge in [-0.25, -0.2) is 8.42 Å². The molecule has 2 heterocycles. The van der Waals surface area contributed by atoms with Crippen LogP contribution in [0.1, 0.15) is 19.5 Å². The van der Waals surface area contributed by atoms with Gasteiger partial charge in [0.25, 0.3) is 0 Å². The molecule has 0 unspecified atom stereocenters. The Morgan fingerprint density at radius 1 is 1.38 bits per heavy atom. The van der Waals surface area contributed by atoms with Crippen LogP contribution in [0.4, 0.5) is 0 Å². The zero-order valence-electron chi connectivity index (χ0n) is 15.3. The number of carbonyl (C=O) groups excluding carboxylic acids is 1. The Balaban J connectivity index is 1.91. The Kier molecular flexibility index (Phi) is 6.24. The molecule has 0 atom stereocenters. The molecule has 0 bridgehead atoms. The number of piperazine rings is 1. The van der Waals surface area contributed by atoms with Crippen molar-refractivity contribution < 1.29 is 17.7 Å². The van der Waals surface area contributed by atoms with Crippen molar-refractivity contribution in [1.29, 1.82) is 0 Å². The number of aliphatic imine (C=N–C) groups is 1. The maximum atomic E-state index is 12.5. The van der Waals surface area contributed by atoms with Crippen molar-refractivity contribution in [3.63, 3.8) is 0 Å². The molecule has 0 radical (unpaired) electrons. The van der Waals surface area contributed by atoms with Crippen LogP contribution in [-0.4, -0.2) is 74.4 Å². The number of carbonyl (C=O) groups is 1. The molecule has 0 aromatic carbocycles. The van der Waals surface area contributed by atoms with Gasteiger partial charge in [-0.15, -0.1) is 0 Å². The smallest absolute Gasteiger partial charge is 0.224 e. The van der Waals surface area contributed by atoms with E-state index < -0.39 is 21.3 Å². The van der Waals surface area contributed by atoms with Crippen LogP contribution in [0, 0.1) is 5.41 Å². The highest BCUT2D eigenvalue weighted by atomic mass is 32.2. The van der Waals surface area contributed by atoms with Crippen molar-refractivity contribution in [2.45, 2.75) is 19.6 Å². The summed E-state index contributed by atoms with van der Waals surface area (Å²) in [7, 11) is -1.80. The first-order valence-corrected chi connectivity index (χ1v) is 9.89. The molecule has 1 fully saturated rings. The van der Waals surface area contributed by atoms with Gasteiger partial charge in [0.15, 0.2) is 5.96 Å². The summed E-state index contributed by atoms with van der Waals surface area (Å²) in [5.41, 5.74) is 5.06. The van der Waals surface area contributed by atoms with Gasteiger partial charge in [-0.05, 0) is 13.8 Å². The lowest BCUT2D eigenvalue weighted by atomic mass is 9.93. The molecule has 0 saturated carbocycles. The Labute approximate surface area is 153 Å². The van der Waals surface area contributed by atoms with E-state index in [2.05, 4.69) is 20.0 Å². The van der Waals surface area contributed by atoms with Crippen LogP contribution >= 0.6 is 0 Å². The van der Waals surface area contributed by atoms with E-state index in [4.69, 9.17) is 5.73 Å². The molecule has 10 nitrogen and oxygen atoms in total. The lowest BCUT2D eigenvalue weighted by Gasteiger charge is -2.36. The Morgan fingerprint density at radius 3 is 2.54 bits per heavy atom. The number of nitrogens with one attached hydrogen (secondary N) is 1. The molecule has 11 heteroatoms. The van der Waals surface area contributed by atoms with E-state index in [1.165, 1.54) is 10.6 Å². The number of hydrogen-bond acceptors (Lipinski definition) is 6. The highest BCUT2D eigenvalue weighted by Gasteiger charge is 2.30. The first-order valence-electron chi connectivity index (χ1n) is 8.28. The number of rotatable bonds is 6. The molecule has 2 rings (SSSR count). The molecule has 1 aromatic heterocycles. The monoisotopic (exact) mass is 386 g/mol. The average Bonchev–Trinajstić information content (AvgIpc) is 3.08. The van der Waals surface area contributed by atoms with Gasteiger partial charge in [0.2, 0.25) is 15.9 Å². The number of nitrogens with zero attached hydrogens (tertiary/aromatic N) is 4. The molecule has 3 N–H and O–H groups in total. The van der Waals surface area contributed by atoms with Gasteiger partial charge in [-0.2, -0.15) is 4.31 Å². The third-order valence-corrected chi connectivity index (χ3v) is 6.13. The summed E-state index contributed by atoms with van der Waals surface area (Å²) >= 11 is 0. The van der Waals surface area contributed by atoms with Crippen molar-refractivity contribution in [2.24, 2.45) is 16.1 Å². The van der Waals surface area contributed by atoms with Crippen LogP contribution in [0.15, 0.2) is 21.8 Å². The predicted octanol–water partition coefficient (Wildman–Crippen LogP) is -0.791. The fraction of sp³-hybridized carbons (Fsp3) is 0.667. The third kappa shape index (κ3) is 4.94. The Hall–Kier alpha value is -2.14. The van der Waals surface area contributed by atoms with Crippen LogP contribution in [0.2, 0.25) is 0 Å². The number of guanidine groups is 1. The SMILES string of the molecule is CN=C(NCC(C)(C)C(N)=O)N1CCN(S(=O)(=O)Cc2ccon2)CC1. The summed E-state index contributed by atoms with van der Waals surface area (Å²) in [4.78, 5) is 17.6. The highest BCUT2D eigenvalue weighted by Crippen LogP contribution is 2.14. The molecule has 0 spiro atoms. The fourth-order valence-corrected chi connectivity index (χ4v) is 3.91. The quantitative estimate of drug-likeness (QED) is 0.483. The molecule has 26 heavy (non-hydrogen) atoms. The van der Waals surface area contributed by atoms with Crippen LogP contribution in [0.3, 0.4) is 0 Å². The van der Waals surface area contributed by atoms with E-state index in [1.807, 2.05) is 4.90 Å². The van der Waals surface area contributed by atoms with Gasteiger partial charge < -0.3 is 20.5 Å². The second-order valence-corrected chi connectivity index (χ2v) is 8.75. The van der Waals surface area contributed by atoms with Crippen molar-refractivity contribution in [2.75, 3.05) is 39.8 Å². The lowest BCUT2D eigenvalue weighted by Crippen LogP contribution is -2.55. The first-order chi connectivity index (χ1) is 12.2. The lowest BCUT2D eigenvalue weighted by molar-refractivity contribution is -0.125. The van der Waals surface area contributed by atoms with E-state index in [1.54, 1.807) is 27.0 Å². The number of amides is 1. The molecule has 1 aliphatic rings. The van der Waals surface area contributed by atoms with E-state index >= 15 is 0 Å². The zero-order valence-corrected chi connectivity index (χ0v) is 16.1. The van der Waals surface area contributed by atoms with Gasteiger partial charge in [-0.3, -0.25) is 9.79 Å². The van der Waals surface area contributed by atoms with Gasteiger partial charge >= 0.3 is 0 Å². The Morgan fingerprint density at radius 2 is 2.04 bits per heavy atom. The predicted molar refractivity (Wildman–Crippen MR) is 96.6 cm³/mol. The molecule has 1 saturated heterocycles. The van der Waals surface area contributed by atoms with Crippen LogP contribution in [0.5, 0.6) is 0 Å². The standard InChI is InChI=1S/C15H26N6O4S/c1-15(2,13(16)22)11-18-14(17-3)20-5-7-21(8-6-20)26(23,24)10-12-4-9-25-19-12/h4,9H,5-8,10-11H2,1-3H3,(H2,16,22)(H,17,18). The third-order valence-electron chi connectivity index (χ3n) is 4.32. The van der Waals surface area contributed by atoms with Gasteiger partial charge in [-0.1, -0.05) is 5.16 Å². The summed E-state index contributed by atoms with van der Waals surface area (Å²) in [5.74, 6) is 0.0422. The van der Waals surface area contributed by atoms with E-state index in [9.17, 15) is 13.2 Å². The largest absolute Gasteiger partial charge is 0.369 e. The minimum absolute atomic E-state index is 0.177. The minimum Gasteiger partial charge on any atom is -0.369 e. The van der Waals surface area contributed by atoms with E-state index in [-0.39, 0.29) is 5.75 Å². The summed E-state index contributed by atoms with van der Waals surface area (Å²) < 4.78 is 31.0. The van der Waals surface area contributed by atoms with Crippen molar-refractivity contribution in [1.82, 2.24) is 19.7 Å². The van der Waals surface area contributed by atoms with E-state index in [0.29, 0.717) is 44.4 Å². The topological polar surface area (TPSA) is 134 Å². The fourth-order valence-electron chi connectivity index (χ4n) is 2.49. The first kappa shape index (κ1) is 20.2. The minimum atomic E-state index is -3.45. The van der Waals surface area contributed by atoms with Crippen molar-refractivity contribution in [3.8, 4) is 0 Å². The van der Waals surface area contributed by atoms with Crippen LogP contribution in [0.25, 0.3) is 0 Å². The summed E-state index contributed by atoms with van der Waals surface area (Å²) in [6.07, 6.45) is 1.35. The number of aromatic nitrogens is 1. The molecular formula is C15H26N6O4S. The molecule has 1 amide bonds. The number of nitrogens with two attached hydrogens (primary N) is 1. The molecular weight excluding hydrogens is 360 g/mol. The maximum absolute atomic E-state index is 12.5. The van der Waals surface area contributed by atoms with Crippen LogP contribution in [-0.2, 0) is 20.6 Å². The normalized spacial score (nSPS) is 17.3. The molecule has 0 aliphatic carbocycles.